The highest BCUT2D eigenvalue weighted by Gasteiger charge is 2.45. The molecule has 2 heterocycles. The summed E-state index contributed by atoms with van der Waals surface area (Å²) in [6.45, 7) is 0. The van der Waals surface area contributed by atoms with Gasteiger partial charge in [0.15, 0.2) is 23.1 Å². The molecule has 0 radical (unpaired) electrons. The monoisotopic (exact) mass is 816 g/mol. The lowest BCUT2D eigenvalue weighted by Crippen LogP contribution is -2.28. The van der Waals surface area contributed by atoms with E-state index in [-0.39, 0.29) is 0 Å². The van der Waals surface area contributed by atoms with Gasteiger partial charge in [0, 0.05) is 33.0 Å². The molecule has 298 valence electrons. The number of hydrogen-bond acceptors (Lipinski definition) is 5. The summed E-state index contributed by atoms with van der Waals surface area (Å²) in [7, 11) is 0. The molecule has 10 aromatic carbocycles. The van der Waals surface area contributed by atoms with Crippen LogP contribution in [-0.2, 0) is 5.41 Å². The Kier molecular flexibility index (Phi) is 8.06. The number of rotatable bonds is 6. The third kappa shape index (κ3) is 5.51. The van der Waals surface area contributed by atoms with Gasteiger partial charge >= 0.3 is 0 Å². The minimum Gasteiger partial charge on any atom is -0.435 e. The average molecular weight is 817 g/mol. The Labute approximate surface area is 369 Å². The number of fused-ring (bicyclic) bond motifs is 10. The predicted molar refractivity (Wildman–Crippen MR) is 259 cm³/mol. The Bertz CT molecular complexity index is 3720. The average Bonchev–Trinajstić information content (AvgIpc) is 3.95. The van der Waals surface area contributed by atoms with Crippen LogP contribution in [-0.4, -0.2) is 19.9 Å². The summed E-state index contributed by atoms with van der Waals surface area (Å²) in [6, 6.07) is 77.0. The highest BCUT2D eigenvalue weighted by molar-refractivity contribution is 6.26. The summed E-state index contributed by atoms with van der Waals surface area (Å²) < 4.78 is 6.59. The highest BCUT2D eigenvalue weighted by Crippen LogP contribution is 2.56. The number of benzene rings is 10. The molecule has 0 saturated carbocycles. The molecule has 1 aliphatic carbocycles. The minimum atomic E-state index is -0.490. The molecule has 0 unspecified atom stereocenters. The maximum absolute atomic E-state index is 6.59. The summed E-state index contributed by atoms with van der Waals surface area (Å²) in [5.74, 6) is 2.46. The smallest absolute Gasteiger partial charge is 0.227 e. The van der Waals surface area contributed by atoms with Crippen LogP contribution >= 0.6 is 0 Å². The van der Waals surface area contributed by atoms with Gasteiger partial charge in [-0.3, -0.25) is 0 Å². The van der Waals surface area contributed by atoms with Crippen LogP contribution in [0.15, 0.2) is 223 Å². The molecule has 2 aromatic heterocycles. The minimum absolute atomic E-state index is 0.490. The van der Waals surface area contributed by atoms with E-state index < -0.39 is 5.41 Å². The fraction of sp³-hybridized carbons (Fsp3) is 0.0169. The second-order valence-electron chi connectivity index (χ2n) is 16.5. The van der Waals surface area contributed by atoms with Gasteiger partial charge in [-0.2, -0.15) is 0 Å². The standard InChI is InChI=1S/C59H36N4O/c1-4-14-39(15-5-1)55-61-56(40-28-32-45(33-29-40)59(44-18-8-3-9-19-44)49-22-12-10-20-47(49)48-21-11-13-23-50(48)59)63-57(62-55)43-30-34-46-42(36-43)27-26-37-24-25-38-31-35-51-54(53(38)52(37)46)64-58(60-51)41-16-6-2-7-17-41/h1-36H. The van der Waals surface area contributed by atoms with Crippen LogP contribution in [0.2, 0.25) is 0 Å². The van der Waals surface area contributed by atoms with Gasteiger partial charge in [0.2, 0.25) is 5.89 Å². The molecule has 0 spiro atoms. The van der Waals surface area contributed by atoms with E-state index in [9.17, 15) is 0 Å². The molecule has 5 heteroatoms. The number of hydrogen-bond donors (Lipinski definition) is 0. The van der Waals surface area contributed by atoms with Crippen molar-refractivity contribution >= 4 is 43.4 Å². The lowest BCUT2D eigenvalue weighted by molar-refractivity contribution is 0.623. The molecule has 0 fully saturated rings. The van der Waals surface area contributed by atoms with E-state index in [1.165, 1.54) is 33.4 Å². The molecular formula is C59H36N4O. The summed E-state index contributed by atoms with van der Waals surface area (Å²) in [5.41, 5.74) is 12.3. The van der Waals surface area contributed by atoms with Gasteiger partial charge in [-0.1, -0.05) is 194 Å². The quantitative estimate of drug-likeness (QED) is 0.156. The van der Waals surface area contributed by atoms with E-state index in [1.807, 2.05) is 54.6 Å². The first-order chi connectivity index (χ1) is 31.7. The van der Waals surface area contributed by atoms with Crippen molar-refractivity contribution in [3.05, 3.63) is 241 Å². The molecule has 0 amide bonds. The van der Waals surface area contributed by atoms with Gasteiger partial charge in [0.25, 0.3) is 0 Å². The predicted octanol–water partition coefficient (Wildman–Crippen LogP) is 14.5. The van der Waals surface area contributed by atoms with Crippen molar-refractivity contribution in [1.82, 2.24) is 19.9 Å². The molecule has 0 aliphatic heterocycles. The third-order valence-electron chi connectivity index (χ3n) is 13.0. The van der Waals surface area contributed by atoms with Crippen LogP contribution in [0.25, 0.3) is 100 Å². The molecule has 5 nitrogen and oxygen atoms in total. The van der Waals surface area contributed by atoms with E-state index in [4.69, 9.17) is 24.4 Å². The largest absolute Gasteiger partial charge is 0.435 e. The first-order valence-corrected chi connectivity index (χ1v) is 21.6. The Morgan fingerprint density at radius 3 is 1.48 bits per heavy atom. The molecule has 64 heavy (non-hydrogen) atoms. The maximum atomic E-state index is 6.59. The second kappa shape index (κ2) is 14.3. The highest BCUT2D eigenvalue weighted by atomic mass is 16.3. The molecule has 1 aliphatic rings. The summed E-state index contributed by atoms with van der Waals surface area (Å²) in [4.78, 5) is 20.4. The maximum Gasteiger partial charge on any atom is 0.227 e. The van der Waals surface area contributed by atoms with Gasteiger partial charge in [0.1, 0.15) is 5.52 Å². The van der Waals surface area contributed by atoms with E-state index >= 15 is 0 Å². The van der Waals surface area contributed by atoms with Crippen LogP contribution in [0, 0.1) is 0 Å². The zero-order valence-electron chi connectivity index (χ0n) is 34.5. The van der Waals surface area contributed by atoms with Gasteiger partial charge in [-0.05, 0) is 79.2 Å². The van der Waals surface area contributed by atoms with Crippen molar-refractivity contribution < 1.29 is 4.42 Å². The Morgan fingerprint density at radius 2 is 0.828 bits per heavy atom. The number of nitrogens with zero attached hydrogens (tertiary/aromatic N) is 4. The normalized spacial score (nSPS) is 12.8. The number of oxazole rings is 1. The van der Waals surface area contributed by atoms with Gasteiger partial charge in [-0.15, -0.1) is 0 Å². The zero-order chi connectivity index (χ0) is 42.2. The van der Waals surface area contributed by atoms with Crippen molar-refractivity contribution in [2.45, 2.75) is 5.41 Å². The van der Waals surface area contributed by atoms with Crippen LogP contribution in [0.4, 0.5) is 0 Å². The summed E-state index contributed by atoms with van der Waals surface area (Å²) in [5, 5.41) is 6.61. The fourth-order valence-electron chi connectivity index (χ4n) is 10.1. The van der Waals surface area contributed by atoms with Crippen LogP contribution < -0.4 is 0 Å². The van der Waals surface area contributed by atoms with Crippen molar-refractivity contribution in [2.24, 2.45) is 0 Å². The molecule has 12 aromatic rings. The lowest BCUT2D eigenvalue weighted by Gasteiger charge is -2.34. The Morgan fingerprint density at radius 1 is 0.344 bits per heavy atom. The van der Waals surface area contributed by atoms with Crippen LogP contribution in [0.3, 0.4) is 0 Å². The number of aromatic nitrogens is 4. The van der Waals surface area contributed by atoms with Crippen molar-refractivity contribution in [3.63, 3.8) is 0 Å². The van der Waals surface area contributed by atoms with Crippen molar-refractivity contribution in [1.29, 1.82) is 0 Å². The third-order valence-corrected chi connectivity index (χ3v) is 13.0. The molecule has 13 rings (SSSR count). The van der Waals surface area contributed by atoms with E-state index in [2.05, 4.69) is 164 Å². The van der Waals surface area contributed by atoms with Crippen molar-refractivity contribution in [2.75, 3.05) is 0 Å². The van der Waals surface area contributed by atoms with Crippen molar-refractivity contribution in [3.8, 4) is 56.7 Å². The summed E-state index contributed by atoms with van der Waals surface area (Å²) in [6.07, 6.45) is 0. The van der Waals surface area contributed by atoms with Gasteiger partial charge in [0.05, 0.1) is 5.41 Å². The summed E-state index contributed by atoms with van der Waals surface area (Å²) >= 11 is 0. The SMILES string of the molecule is c1ccc(-c2nc(-c3ccc(C4(c5ccccc5)c5ccccc5-c5ccccc54)cc3)nc(-c3ccc4c(ccc5ccc6ccc7nc(-c8ccccc8)oc7c6c54)c3)n2)cc1. The Hall–Kier alpha value is -8.54. The zero-order valence-corrected chi connectivity index (χ0v) is 34.5. The molecule has 0 atom stereocenters. The van der Waals surface area contributed by atoms with Crippen LogP contribution in [0.1, 0.15) is 22.3 Å². The van der Waals surface area contributed by atoms with E-state index in [1.54, 1.807) is 0 Å². The molecular weight excluding hydrogens is 781 g/mol. The Balaban J connectivity index is 0.959. The van der Waals surface area contributed by atoms with E-state index in [0.29, 0.717) is 23.4 Å². The van der Waals surface area contributed by atoms with E-state index in [0.717, 1.165) is 65.7 Å². The first-order valence-electron chi connectivity index (χ1n) is 21.6. The second-order valence-corrected chi connectivity index (χ2v) is 16.5. The lowest BCUT2D eigenvalue weighted by atomic mass is 9.67. The molecule has 0 saturated heterocycles. The topological polar surface area (TPSA) is 64.7 Å². The fourth-order valence-corrected chi connectivity index (χ4v) is 10.1. The van der Waals surface area contributed by atoms with Crippen LogP contribution in [0.5, 0.6) is 0 Å². The first kappa shape index (κ1) is 36.1. The van der Waals surface area contributed by atoms with Gasteiger partial charge < -0.3 is 4.42 Å². The molecule has 0 bridgehead atoms. The molecule has 0 N–H and O–H groups in total. The van der Waals surface area contributed by atoms with Gasteiger partial charge in [-0.25, -0.2) is 19.9 Å².